The summed E-state index contributed by atoms with van der Waals surface area (Å²) in [5.41, 5.74) is -0.881. The highest BCUT2D eigenvalue weighted by atomic mass is 35.5. The molecule has 138 valence electrons. The van der Waals surface area contributed by atoms with E-state index in [1.54, 1.807) is 0 Å². The van der Waals surface area contributed by atoms with Crippen LogP contribution in [0.4, 0.5) is 23.2 Å². The van der Waals surface area contributed by atoms with Crippen LogP contribution in [0.15, 0.2) is 42.5 Å². The molecule has 2 aromatic rings. The number of anilines is 1. The third-order valence-electron chi connectivity index (χ3n) is 3.28. The van der Waals surface area contributed by atoms with Gasteiger partial charge in [-0.2, -0.15) is 13.2 Å². The Morgan fingerprint density at radius 2 is 1.73 bits per heavy atom. The van der Waals surface area contributed by atoms with Crippen LogP contribution in [0.2, 0.25) is 5.02 Å². The van der Waals surface area contributed by atoms with E-state index in [9.17, 15) is 27.2 Å². The largest absolute Gasteiger partial charge is 0.449 e. The Hall–Kier alpha value is -2.61. The minimum atomic E-state index is -4.49. The smallest absolute Gasteiger partial charge is 0.416 e. The van der Waals surface area contributed by atoms with Crippen LogP contribution in [-0.4, -0.2) is 18.0 Å². The van der Waals surface area contributed by atoms with Gasteiger partial charge in [0.25, 0.3) is 5.91 Å². The van der Waals surface area contributed by atoms with E-state index in [2.05, 4.69) is 5.32 Å². The monoisotopic (exact) mass is 389 g/mol. The third-order valence-corrected chi connectivity index (χ3v) is 3.60. The summed E-state index contributed by atoms with van der Waals surface area (Å²) in [5.74, 6) is -2.33. The van der Waals surface area contributed by atoms with Gasteiger partial charge in [0.05, 0.1) is 16.1 Å². The number of ether oxygens (including phenoxy) is 1. The molecule has 0 heterocycles. The summed E-state index contributed by atoms with van der Waals surface area (Å²) >= 11 is 5.74. The molecule has 0 saturated heterocycles. The molecule has 0 bridgehead atoms. The van der Waals surface area contributed by atoms with Crippen molar-refractivity contribution in [3.8, 4) is 0 Å². The molecule has 0 aliphatic heterocycles. The summed E-state index contributed by atoms with van der Waals surface area (Å²) in [4.78, 5) is 24.0. The SMILES string of the molecule is C[C@H](OC(=O)c1ccc(F)cc1Cl)C(=O)Nc1ccc(C(F)(F)F)cc1. The average molecular weight is 390 g/mol. The van der Waals surface area contributed by atoms with Gasteiger partial charge in [-0.3, -0.25) is 4.79 Å². The van der Waals surface area contributed by atoms with Crippen LogP contribution in [0, 0.1) is 5.82 Å². The maximum atomic E-state index is 13.0. The average Bonchev–Trinajstić information content (AvgIpc) is 2.54. The van der Waals surface area contributed by atoms with Crippen molar-refractivity contribution in [1.29, 1.82) is 0 Å². The van der Waals surface area contributed by atoms with Crippen LogP contribution in [-0.2, 0) is 15.7 Å². The number of hydrogen-bond donors (Lipinski definition) is 1. The van der Waals surface area contributed by atoms with Gasteiger partial charge in [-0.1, -0.05) is 11.6 Å². The molecule has 0 radical (unpaired) electrons. The first-order valence-electron chi connectivity index (χ1n) is 7.22. The fourth-order valence-electron chi connectivity index (χ4n) is 1.92. The maximum Gasteiger partial charge on any atom is 0.416 e. The van der Waals surface area contributed by atoms with E-state index in [1.165, 1.54) is 6.92 Å². The molecule has 0 aliphatic rings. The normalized spacial score (nSPS) is 12.4. The zero-order valence-corrected chi connectivity index (χ0v) is 14.0. The summed E-state index contributed by atoms with van der Waals surface area (Å²) in [5, 5.41) is 2.15. The summed E-state index contributed by atoms with van der Waals surface area (Å²) in [6.07, 6.45) is -5.74. The maximum absolute atomic E-state index is 13.0. The summed E-state index contributed by atoms with van der Waals surface area (Å²) in [6.45, 7) is 1.27. The first-order chi connectivity index (χ1) is 12.1. The molecule has 0 fully saturated rings. The van der Waals surface area contributed by atoms with Crippen LogP contribution >= 0.6 is 11.6 Å². The zero-order valence-electron chi connectivity index (χ0n) is 13.2. The molecule has 9 heteroatoms. The molecule has 0 spiro atoms. The lowest BCUT2D eigenvalue weighted by molar-refractivity contribution is -0.137. The fourth-order valence-corrected chi connectivity index (χ4v) is 2.16. The Bertz CT molecular complexity index is 822. The number of halogens is 5. The molecular formula is C17H12ClF4NO3. The molecular weight excluding hydrogens is 378 g/mol. The molecule has 1 amide bonds. The highest BCUT2D eigenvalue weighted by Crippen LogP contribution is 2.29. The number of hydrogen-bond acceptors (Lipinski definition) is 3. The van der Waals surface area contributed by atoms with E-state index in [-0.39, 0.29) is 16.3 Å². The standard InChI is InChI=1S/C17H12ClF4NO3/c1-9(26-16(25)13-7-4-11(19)8-14(13)18)15(24)23-12-5-2-10(3-6-12)17(20,21)22/h2-9H,1H3,(H,23,24)/t9-/m0/s1. The third kappa shape index (κ3) is 4.95. The Balaban J connectivity index is 2.00. The van der Waals surface area contributed by atoms with Crippen LogP contribution < -0.4 is 5.32 Å². The highest BCUT2D eigenvalue weighted by Gasteiger charge is 2.30. The Kier molecular flexibility index (Phi) is 5.86. The van der Waals surface area contributed by atoms with Gasteiger partial charge in [0.15, 0.2) is 6.10 Å². The predicted octanol–water partition coefficient (Wildman–Crippen LogP) is 4.68. The molecule has 0 saturated carbocycles. The number of esters is 1. The van der Waals surface area contributed by atoms with Gasteiger partial charge < -0.3 is 10.1 Å². The fraction of sp³-hybridized carbons (Fsp3) is 0.176. The van der Waals surface area contributed by atoms with Crippen LogP contribution in [0.5, 0.6) is 0 Å². The molecule has 2 aromatic carbocycles. The van der Waals surface area contributed by atoms with E-state index in [0.29, 0.717) is 0 Å². The molecule has 26 heavy (non-hydrogen) atoms. The number of amides is 1. The molecule has 0 unspecified atom stereocenters. The highest BCUT2D eigenvalue weighted by molar-refractivity contribution is 6.33. The van der Waals surface area contributed by atoms with E-state index >= 15 is 0 Å². The summed E-state index contributed by atoms with van der Waals surface area (Å²) in [6, 6.07) is 6.81. The minimum absolute atomic E-state index is 0.103. The lowest BCUT2D eigenvalue weighted by atomic mass is 10.2. The lowest BCUT2D eigenvalue weighted by Gasteiger charge is -2.14. The summed E-state index contributed by atoms with van der Waals surface area (Å²) < 4.78 is 55.4. The number of carbonyl (C=O) groups excluding carboxylic acids is 2. The number of alkyl halides is 3. The van der Waals surface area contributed by atoms with Crippen molar-refractivity contribution in [2.75, 3.05) is 5.32 Å². The summed E-state index contributed by atoms with van der Waals surface area (Å²) in [7, 11) is 0. The Labute approximate surface area is 150 Å². The van der Waals surface area contributed by atoms with Crippen molar-refractivity contribution in [2.45, 2.75) is 19.2 Å². The number of benzene rings is 2. The van der Waals surface area contributed by atoms with Crippen molar-refractivity contribution in [3.63, 3.8) is 0 Å². The van der Waals surface area contributed by atoms with Gasteiger partial charge in [0.1, 0.15) is 5.82 Å². The molecule has 0 aliphatic carbocycles. The number of nitrogens with one attached hydrogen (secondary N) is 1. The van der Waals surface area contributed by atoms with Gasteiger partial charge in [-0.25, -0.2) is 9.18 Å². The second-order valence-corrected chi connectivity index (χ2v) is 5.64. The molecule has 2 rings (SSSR count). The van der Waals surface area contributed by atoms with Crippen molar-refractivity contribution < 1.29 is 31.9 Å². The van der Waals surface area contributed by atoms with Gasteiger partial charge in [-0.05, 0) is 49.4 Å². The van der Waals surface area contributed by atoms with Gasteiger partial charge in [-0.15, -0.1) is 0 Å². The molecule has 1 N–H and O–H groups in total. The quantitative estimate of drug-likeness (QED) is 0.610. The predicted molar refractivity (Wildman–Crippen MR) is 86.4 cm³/mol. The first kappa shape index (κ1) is 19.7. The second-order valence-electron chi connectivity index (χ2n) is 5.24. The van der Waals surface area contributed by atoms with E-state index in [4.69, 9.17) is 16.3 Å². The Morgan fingerprint density at radius 1 is 1.12 bits per heavy atom. The van der Waals surface area contributed by atoms with E-state index in [1.807, 2.05) is 0 Å². The van der Waals surface area contributed by atoms with Gasteiger partial charge in [0, 0.05) is 5.69 Å². The Morgan fingerprint density at radius 3 is 2.27 bits per heavy atom. The number of carbonyl (C=O) groups is 2. The topological polar surface area (TPSA) is 55.4 Å². The lowest BCUT2D eigenvalue weighted by Crippen LogP contribution is -2.30. The van der Waals surface area contributed by atoms with Gasteiger partial charge >= 0.3 is 12.1 Å². The van der Waals surface area contributed by atoms with Crippen molar-refractivity contribution in [2.24, 2.45) is 0 Å². The number of rotatable bonds is 4. The molecule has 0 aromatic heterocycles. The zero-order chi connectivity index (χ0) is 19.5. The molecule has 4 nitrogen and oxygen atoms in total. The van der Waals surface area contributed by atoms with Crippen molar-refractivity contribution in [1.82, 2.24) is 0 Å². The second kappa shape index (κ2) is 7.74. The van der Waals surface area contributed by atoms with E-state index in [0.717, 1.165) is 42.5 Å². The van der Waals surface area contributed by atoms with Crippen molar-refractivity contribution >= 4 is 29.2 Å². The van der Waals surface area contributed by atoms with Crippen LogP contribution in [0.25, 0.3) is 0 Å². The molecule has 1 atom stereocenters. The van der Waals surface area contributed by atoms with E-state index < -0.39 is 35.5 Å². The first-order valence-corrected chi connectivity index (χ1v) is 7.60. The van der Waals surface area contributed by atoms with Crippen molar-refractivity contribution in [3.05, 3.63) is 64.4 Å². The van der Waals surface area contributed by atoms with Crippen LogP contribution in [0.1, 0.15) is 22.8 Å². The van der Waals surface area contributed by atoms with Gasteiger partial charge in [0.2, 0.25) is 0 Å². The minimum Gasteiger partial charge on any atom is -0.449 e. The van der Waals surface area contributed by atoms with Crippen LogP contribution in [0.3, 0.4) is 0 Å².